The quantitative estimate of drug-likeness (QED) is 0.523. The second kappa shape index (κ2) is 6.18. The molecule has 0 saturated heterocycles. The summed E-state index contributed by atoms with van der Waals surface area (Å²) in [6, 6.07) is 11.7. The van der Waals surface area contributed by atoms with Crippen LogP contribution in [0.4, 0.5) is 0 Å². The van der Waals surface area contributed by atoms with Gasteiger partial charge in [0, 0.05) is 9.37 Å². The number of rotatable bonds is 4. The number of carbonyl (C=O) groups is 1. The van der Waals surface area contributed by atoms with Crippen molar-refractivity contribution in [2.24, 2.45) is 0 Å². The molecular weight excluding hydrogens is 384 g/mol. The van der Waals surface area contributed by atoms with E-state index in [1.54, 1.807) is 11.8 Å². The van der Waals surface area contributed by atoms with Crippen LogP contribution >= 0.6 is 55.0 Å². The third-order valence-corrected chi connectivity index (χ3v) is 5.24. The summed E-state index contributed by atoms with van der Waals surface area (Å²) in [4.78, 5) is 13.8. The zero-order valence-electron chi connectivity index (χ0n) is 8.65. The molecule has 88 valence electrons. The molecule has 0 spiro atoms. The highest BCUT2D eigenvalue weighted by Crippen LogP contribution is 2.26. The van der Waals surface area contributed by atoms with Crippen LogP contribution in [-0.2, 0) is 0 Å². The third kappa shape index (κ3) is 3.95. The van der Waals surface area contributed by atoms with Crippen molar-refractivity contribution in [2.75, 3.05) is 5.75 Å². The summed E-state index contributed by atoms with van der Waals surface area (Å²) in [5.74, 6) is 0.655. The Morgan fingerprint density at radius 1 is 1.12 bits per heavy atom. The van der Waals surface area contributed by atoms with Crippen molar-refractivity contribution in [3.05, 3.63) is 49.5 Å². The Hall–Kier alpha value is -0.100. The minimum absolute atomic E-state index is 0.175. The first-order valence-electron chi connectivity index (χ1n) is 4.82. The van der Waals surface area contributed by atoms with E-state index in [4.69, 9.17) is 0 Å². The van der Waals surface area contributed by atoms with Crippen LogP contribution < -0.4 is 0 Å². The molecule has 1 aromatic heterocycles. The van der Waals surface area contributed by atoms with E-state index in [9.17, 15) is 4.79 Å². The Kier molecular flexibility index (Phi) is 4.85. The number of hydrogen-bond donors (Lipinski definition) is 0. The number of Topliss-reactive ketones (excluding diaryl/α,β-unsaturated/α-hetero) is 1. The number of hydrogen-bond acceptors (Lipinski definition) is 3. The normalized spacial score (nSPS) is 10.5. The maximum atomic E-state index is 11.9. The smallest absolute Gasteiger partial charge is 0.183 e. The third-order valence-electron chi connectivity index (χ3n) is 2.03. The molecule has 0 amide bonds. The maximum Gasteiger partial charge on any atom is 0.183 e. The van der Waals surface area contributed by atoms with E-state index in [0.717, 1.165) is 18.0 Å². The van der Waals surface area contributed by atoms with Gasteiger partial charge in [-0.15, -0.1) is 23.1 Å². The first kappa shape index (κ1) is 13.3. The lowest BCUT2D eigenvalue weighted by Crippen LogP contribution is -1.98. The van der Waals surface area contributed by atoms with Crippen LogP contribution in [0.3, 0.4) is 0 Å². The molecule has 0 N–H and O–H groups in total. The van der Waals surface area contributed by atoms with Crippen LogP contribution in [0.2, 0.25) is 0 Å². The maximum absolute atomic E-state index is 11.9. The van der Waals surface area contributed by atoms with E-state index in [-0.39, 0.29) is 5.78 Å². The number of carbonyl (C=O) groups excluding carboxylic acids is 1. The number of halogens is 2. The lowest BCUT2D eigenvalue weighted by molar-refractivity contribution is 0.102. The highest BCUT2D eigenvalue weighted by Gasteiger charge is 2.09. The van der Waals surface area contributed by atoms with Crippen LogP contribution in [0.15, 0.2) is 49.6 Å². The Bertz CT molecular complexity index is 520. The molecule has 0 aliphatic heterocycles. The van der Waals surface area contributed by atoms with Gasteiger partial charge in [-0.2, -0.15) is 0 Å². The highest BCUT2D eigenvalue weighted by atomic mass is 79.9. The average molecular weight is 392 g/mol. The summed E-state index contributed by atoms with van der Waals surface area (Å²) in [5.41, 5.74) is 0. The van der Waals surface area contributed by atoms with Gasteiger partial charge in [0.1, 0.15) is 0 Å². The number of thioether (sulfide) groups is 1. The molecule has 17 heavy (non-hydrogen) atoms. The molecule has 0 saturated carbocycles. The zero-order valence-corrected chi connectivity index (χ0v) is 13.5. The van der Waals surface area contributed by atoms with Crippen molar-refractivity contribution >= 4 is 60.7 Å². The SMILES string of the molecule is O=C(CSc1ccc(Br)cc1)c1ccc(Br)s1. The first-order chi connectivity index (χ1) is 8.15. The summed E-state index contributed by atoms with van der Waals surface area (Å²) >= 11 is 9.79. The summed E-state index contributed by atoms with van der Waals surface area (Å²) < 4.78 is 2.05. The molecule has 0 unspecified atom stereocenters. The van der Waals surface area contributed by atoms with Crippen LogP contribution in [0, 0.1) is 0 Å². The molecule has 0 aliphatic rings. The molecule has 0 radical (unpaired) electrons. The van der Waals surface area contributed by atoms with Gasteiger partial charge in [-0.1, -0.05) is 15.9 Å². The van der Waals surface area contributed by atoms with Crippen LogP contribution in [0.1, 0.15) is 9.67 Å². The highest BCUT2D eigenvalue weighted by molar-refractivity contribution is 9.11. The minimum Gasteiger partial charge on any atom is -0.292 e. The molecule has 0 atom stereocenters. The lowest BCUT2D eigenvalue weighted by atomic mass is 10.3. The molecule has 0 bridgehead atoms. The number of ketones is 1. The summed E-state index contributed by atoms with van der Waals surface area (Å²) in [7, 11) is 0. The first-order valence-corrected chi connectivity index (χ1v) is 8.21. The van der Waals surface area contributed by atoms with Crippen molar-refractivity contribution < 1.29 is 4.79 Å². The van der Waals surface area contributed by atoms with Gasteiger partial charge in [0.05, 0.1) is 14.4 Å². The van der Waals surface area contributed by atoms with Crippen molar-refractivity contribution in [3.8, 4) is 0 Å². The number of benzene rings is 1. The lowest BCUT2D eigenvalue weighted by Gasteiger charge is -2.00. The summed E-state index contributed by atoms with van der Waals surface area (Å²) in [5, 5.41) is 0. The van der Waals surface area contributed by atoms with Crippen molar-refractivity contribution in [2.45, 2.75) is 4.90 Å². The van der Waals surface area contributed by atoms with Crippen molar-refractivity contribution in [1.29, 1.82) is 0 Å². The summed E-state index contributed by atoms with van der Waals surface area (Å²) in [6.07, 6.45) is 0. The fraction of sp³-hybridized carbons (Fsp3) is 0.0833. The largest absolute Gasteiger partial charge is 0.292 e. The predicted molar refractivity (Wildman–Crippen MR) is 81.2 cm³/mol. The van der Waals surface area contributed by atoms with E-state index in [2.05, 4.69) is 31.9 Å². The molecule has 2 rings (SSSR count). The van der Waals surface area contributed by atoms with Crippen molar-refractivity contribution in [1.82, 2.24) is 0 Å². The van der Waals surface area contributed by atoms with Gasteiger partial charge >= 0.3 is 0 Å². The van der Waals surface area contributed by atoms with E-state index in [1.807, 2.05) is 36.4 Å². The Morgan fingerprint density at radius 3 is 2.41 bits per heavy atom. The molecule has 5 heteroatoms. The number of thiophene rings is 1. The molecule has 0 fully saturated rings. The Balaban J connectivity index is 1.94. The van der Waals surface area contributed by atoms with E-state index < -0.39 is 0 Å². The monoisotopic (exact) mass is 390 g/mol. The van der Waals surface area contributed by atoms with Gasteiger partial charge in [-0.25, -0.2) is 0 Å². The van der Waals surface area contributed by atoms with Gasteiger partial charge in [0.25, 0.3) is 0 Å². The van der Waals surface area contributed by atoms with Gasteiger partial charge in [-0.05, 0) is 52.3 Å². The molecule has 1 nitrogen and oxygen atoms in total. The van der Waals surface area contributed by atoms with E-state index >= 15 is 0 Å². The standard InChI is InChI=1S/C12H8Br2OS2/c13-8-1-3-9(4-2-8)16-7-10(15)11-5-6-12(14)17-11/h1-6H,7H2. The van der Waals surface area contributed by atoms with Crippen LogP contribution in [0.25, 0.3) is 0 Å². The van der Waals surface area contributed by atoms with Crippen molar-refractivity contribution in [3.63, 3.8) is 0 Å². The van der Waals surface area contributed by atoms with Gasteiger partial charge in [-0.3, -0.25) is 4.79 Å². The molecule has 0 aliphatic carbocycles. The summed E-state index contributed by atoms with van der Waals surface area (Å²) in [6.45, 7) is 0. The minimum atomic E-state index is 0.175. The van der Waals surface area contributed by atoms with Gasteiger partial charge in [0.15, 0.2) is 5.78 Å². The van der Waals surface area contributed by atoms with Crippen LogP contribution in [-0.4, -0.2) is 11.5 Å². The average Bonchev–Trinajstić information content (AvgIpc) is 2.75. The zero-order chi connectivity index (χ0) is 12.3. The molecule has 2 aromatic rings. The van der Waals surface area contributed by atoms with E-state index in [1.165, 1.54) is 11.3 Å². The van der Waals surface area contributed by atoms with Gasteiger partial charge in [0.2, 0.25) is 0 Å². The molecule has 1 aromatic carbocycles. The predicted octanol–water partition coefficient (Wildman–Crippen LogP) is 5.25. The molecule has 1 heterocycles. The topological polar surface area (TPSA) is 17.1 Å². The fourth-order valence-corrected chi connectivity index (χ4v) is 3.68. The Morgan fingerprint density at radius 2 is 1.82 bits per heavy atom. The Labute approximate surface area is 125 Å². The fourth-order valence-electron chi connectivity index (χ4n) is 1.21. The van der Waals surface area contributed by atoms with E-state index in [0.29, 0.717) is 5.75 Å². The van der Waals surface area contributed by atoms with Gasteiger partial charge < -0.3 is 0 Å². The second-order valence-electron chi connectivity index (χ2n) is 3.27. The van der Waals surface area contributed by atoms with Crippen LogP contribution in [0.5, 0.6) is 0 Å². The second-order valence-corrected chi connectivity index (χ2v) is 7.70. The molecular formula is C12H8Br2OS2.